The van der Waals surface area contributed by atoms with Crippen LogP contribution >= 0.6 is 12.2 Å². The van der Waals surface area contributed by atoms with E-state index in [1.54, 1.807) is 0 Å². The van der Waals surface area contributed by atoms with Crippen LogP contribution in [0.2, 0.25) is 0 Å². The van der Waals surface area contributed by atoms with Gasteiger partial charge < -0.3 is 4.74 Å². The van der Waals surface area contributed by atoms with Crippen molar-refractivity contribution in [3.63, 3.8) is 0 Å². The first kappa shape index (κ1) is 9.04. The minimum absolute atomic E-state index is 0.192. The molecule has 0 rings (SSSR count). The lowest BCUT2D eigenvalue weighted by atomic mass is 10.4. The van der Waals surface area contributed by atoms with Gasteiger partial charge in [0.25, 0.3) is 0 Å². The molecule has 0 saturated heterocycles. The van der Waals surface area contributed by atoms with E-state index in [4.69, 9.17) is 0 Å². The van der Waals surface area contributed by atoms with Gasteiger partial charge in [-0.3, -0.25) is 0 Å². The van der Waals surface area contributed by atoms with Crippen LogP contribution < -0.4 is 0 Å². The van der Waals surface area contributed by atoms with Crippen LogP contribution in [0.4, 0.5) is 0 Å². The number of hydrogen-bond donors (Lipinski definition) is 0. The average Bonchev–Trinajstić information content (AvgIpc) is 1.98. The molecule has 0 spiro atoms. The van der Waals surface area contributed by atoms with E-state index in [1.807, 2.05) is 0 Å². The number of hydrogen-bond acceptors (Lipinski definition) is 3. The van der Waals surface area contributed by atoms with Crippen molar-refractivity contribution < 1.29 is 9.53 Å². The topological polar surface area (TPSA) is 26.3 Å². The van der Waals surface area contributed by atoms with Crippen molar-refractivity contribution in [3.05, 3.63) is 24.8 Å². The summed E-state index contributed by atoms with van der Waals surface area (Å²) in [6.07, 6.45) is 1.48. The van der Waals surface area contributed by atoms with E-state index in [0.29, 0.717) is 0 Å². The monoisotopic (exact) mass is 156 g/mol. The summed E-state index contributed by atoms with van der Waals surface area (Å²) in [5, 5.41) is 1.19. The molecular weight excluding hydrogens is 148 g/mol. The Morgan fingerprint density at radius 1 is 1.70 bits per heavy atom. The fourth-order valence-corrected chi connectivity index (χ4v) is 0.372. The SMILES string of the molecule is C=CCOC(=O)C(=C)C=S. The molecule has 0 N–H and O–H groups in total. The van der Waals surface area contributed by atoms with Crippen LogP contribution in [0.15, 0.2) is 24.8 Å². The molecule has 0 aromatic heterocycles. The fraction of sp³-hybridized carbons (Fsp3) is 0.143. The van der Waals surface area contributed by atoms with E-state index in [-0.39, 0.29) is 12.2 Å². The van der Waals surface area contributed by atoms with Gasteiger partial charge in [0.15, 0.2) is 0 Å². The molecule has 10 heavy (non-hydrogen) atoms. The van der Waals surface area contributed by atoms with Gasteiger partial charge in [0.05, 0.1) is 5.57 Å². The zero-order valence-electron chi connectivity index (χ0n) is 5.50. The Morgan fingerprint density at radius 2 is 2.30 bits per heavy atom. The predicted octanol–water partition coefficient (Wildman–Crippen LogP) is 1.27. The Kier molecular flexibility index (Phi) is 4.41. The maximum atomic E-state index is 10.7. The molecule has 2 nitrogen and oxygen atoms in total. The van der Waals surface area contributed by atoms with E-state index in [0.717, 1.165) is 0 Å². The van der Waals surface area contributed by atoms with E-state index < -0.39 is 5.97 Å². The first-order chi connectivity index (χ1) is 4.72. The third-order valence-corrected chi connectivity index (χ3v) is 1.02. The summed E-state index contributed by atoms with van der Waals surface area (Å²) in [6.45, 7) is 6.93. The number of esters is 1. The molecule has 0 fully saturated rings. The lowest BCUT2D eigenvalue weighted by Gasteiger charge is -1.97. The molecule has 3 heteroatoms. The van der Waals surface area contributed by atoms with E-state index >= 15 is 0 Å². The molecule has 0 radical (unpaired) electrons. The molecule has 0 amide bonds. The summed E-state index contributed by atoms with van der Waals surface area (Å²) in [4.78, 5) is 10.7. The van der Waals surface area contributed by atoms with Crippen molar-refractivity contribution in [1.29, 1.82) is 0 Å². The van der Waals surface area contributed by atoms with Crippen LogP contribution in [-0.4, -0.2) is 17.9 Å². The van der Waals surface area contributed by atoms with Crippen LogP contribution in [0.25, 0.3) is 0 Å². The van der Waals surface area contributed by atoms with E-state index in [2.05, 4.69) is 30.1 Å². The second kappa shape index (κ2) is 4.88. The Bertz CT molecular complexity index is 172. The summed E-state index contributed by atoms with van der Waals surface area (Å²) >= 11 is 4.45. The minimum Gasteiger partial charge on any atom is -0.458 e. The van der Waals surface area contributed by atoms with Gasteiger partial charge in [-0.25, -0.2) is 4.79 Å². The quantitative estimate of drug-likeness (QED) is 0.265. The highest BCUT2D eigenvalue weighted by molar-refractivity contribution is 7.79. The first-order valence-electron chi connectivity index (χ1n) is 2.64. The maximum absolute atomic E-state index is 10.7. The zero-order chi connectivity index (χ0) is 7.98. The molecule has 0 heterocycles. The van der Waals surface area contributed by atoms with Gasteiger partial charge >= 0.3 is 5.97 Å². The van der Waals surface area contributed by atoms with E-state index in [1.165, 1.54) is 11.4 Å². The number of ether oxygens (including phenoxy) is 1. The van der Waals surface area contributed by atoms with Gasteiger partial charge in [-0.15, -0.1) is 0 Å². The molecule has 0 unspecified atom stereocenters. The first-order valence-corrected chi connectivity index (χ1v) is 3.11. The predicted molar refractivity (Wildman–Crippen MR) is 44.0 cm³/mol. The normalized spacial score (nSPS) is 8.00. The van der Waals surface area contributed by atoms with Crippen molar-refractivity contribution >= 4 is 23.6 Å². The Balaban J connectivity index is 3.73. The molecular formula is C7H8O2S. The number of thiocarbonyl (C=S) groups is 1. The van der Waals surface area contributed by atoms with Crippen molar-refractivity contribution in [2.45, 2.75) is 0 Å². The number of carbonyl (C=O) groups is 1. The van der Waals surface area contributed by atoms with Gasteiger partial charge in [0.1, 0.15) is 6.61 Å². The van der Waals surface area contributed by atoms with Crippen molar-refractivity contribution in [1.82, 2.24) is 0 Å². The summed E-state index contributed by atoms with van der Waals surface area (Å²) in [5.41, 5.74) is 0.192. The molecule has 0 aliphatic rings. The van der Waals surface area contributed by atoms with E-state index in [9.17, 15) is 4.79 Å². The number of rotatable bonds is 4. The third kappa shape index (κ3) is 3.14. The van der Waals surface area contributed by atoms with Gasteiger partial charge in [0, 0.05) is 5.37 Å². The molecule has 0 aliphatic carbocycles. The zero-order valence-corrected chi connectivity index (χ0v) is 6.32. The lowest BCUT2D eigenvalue weighted by molar-refractivity contribution is -0.137. The minimum atomic E-state index is -0.491. The molecule has 0 atom stereocenters. The Hall–Kier alpha value is -0.960. The van der Waals surface area contributed by atoms with Crippen molar-refractivity contribution in [2.75, 3.05) is 6.61 Å². The van der Waals surface area contributed by atoms with Crippen molar-refractivity contribution in [2.24, 2.45) is 0 Å². The van der Waals surface area contributed by atoms with Crippen LogP contribution in [-0.2, 0) is 9.53 Å². The summed E-state index contributed by atoms with van der Waals surface area (Å²) in [6, 6.07) is 0. The summed E-state index contributed by atoms with van der Waals surface area (Å²) in [5.74, 6) is -0.491. The fourth-order valence-electron chi connectivity index (χ4n) is 0.275. The van der Waals surface area contributed by atoms with Crippen LogP contribution in [0.3, 0.4) is 0 Å². The highest BCUT2D eigenvalue weighted by atomic mass is 32.1. The van der Waals surface area contributed by atoms with Gasteiger partial charge in [-0.2, -0.15) is 0 Å². The van der Waals surface area contributed by atoms with Crippen molar-refractivity contribution in [3.8, 4) is 0 Å². The standard InChI is InChI=1S/C7H8O2S/c1-3-4-9-7(8)6(2)5-10/h3,5H,1-2,4H2. The lowest BCUT2D eigenvalue weighted by Crippen LogP contribution is -2.06. The highest BCUT2D eigenvalue weighted by Gasteiger charge is 2.02. The van der Waals surface area contributed by atoms with Crippen LogP contribution in [0.5, 0.6) is 0 Å². The largest absolute Gasteiger partial charge is 0.458 e. The summed E-state index contributed by atoms with van der Waals surface area (Å²) in [7, 11) is 0. The highest BCUT2D eigenvalue weighted by Crippen LogP contribution is 1.90. The number of carbonyl (C=O) groups excluding carboxylic acids is 1. The molecule has 0 saturated carbocycles. The molecule has 0 aromatic rings. The third-order valence-electron chi connectivity index (χ3n) is 0.737. The molecule has 0 aromatic carbocycles. The van der Waals surface area contributed by atoms with Gasteiger partial charge in [-0.1, -0.05) is 31.5 Å². The maximum Gasteiger partial charge on any atom is 0.338 e. The van der Waals surface area contributed by atoms with Gasteiger partial charge in [-0.05, 0) is 0 Å². The van der Waals surface area contributed by atoms with Gasteiger partial charge in [0.2, 0.25) is 0 Å². The summed E-state index contributed by atoms with van der Waals surface area (Å²) < 4.78 is 4.59. The molecule has 0 bridgehead atoms. The van der Waals surface area contributed by atoms with Crippen LogP contribution in [0, 0.1) is 0 Å². The Labute approximate surface area is 65.2 Å². The second-order valence-corrected chi connectivity index (χ2v) is 1.77. The van der Waals surface area contributed by atoms with Crippen LogP contribution in [0.1, 0.15) is 0 Å². The average molecular weight is 156 g/mol. The molecule has 0 aliphatic heterocycles. The smallest absolute Gasteiger partial charge is 0.338 e. The Morgan fingerprint density at radius 3 is 2.70 bits per heavy atom. The second-order valence-electron chi connectivity index (χ2n) is 1.53. The molecule has 54 valence electrons.